The van der Waals surface area contributed by atoms with Crippen molar-refractivity contribution in [1.29, 1.82) is 0 Å². The highest BCUT2D eigenvalue weighted by Crippen LogP contribution is 2.35. The Labute approximate surface area is 145 Å². The molecule has 1 aromatic carbocycles. The van der Waals surface area contributed by atoms with E-state index in [0.29, 0.717) is 24.4 Å². The zero-order valence-corrected chi connectivity index (χ0v) is 14.4. The molecule has 1 aliphatic rings. The predicted octanol–water partition coefficient (Wildman–Crippen LogP) is 3.23. The molecule has 1 aliphatic heterocycles. The minimum absolute atomic E-state index is 0.0811. The zero-order valence-electron chi connectivity index (χ0n) is 14.4. The maximum Gasteiger partial charge on any atom is 0.310 e. The van der Waals surface area contributed by atoms with Crippen LogP contribution in [0.3, 0.4) is 0 Å². The molecular formula is C18H21N3O4. The number of hydrogen-bond donors (Lipinski definition) is 0. The first kappa shape index (κ1) is 17.1. The molecule has 0 N–H and O–H groups in total. The lowest BCUT2D eigenvalue weighted by Gasteiger charge is -2.33. The molecule has 1 fully saturated rings. The SMILES string of the molecule is CCOC(=O)C1CCCN(c2ncc(C)c3c([N+](=O)[O-])cccc23)C1. The number of carbonyl (C=O) groups is 1. The molecule has 1 saturated heterocycles. The average molecular weight is 343 g/mol. The van der Waals surface area contributed by atoms with Crippen molar-refractivity contribution in [3.8, 4) is 0 Å². The highest BCUT2D eigenvalue weighted by Gasteiger charge is 2.29. The molecule has 0 bridgehead atoms. The molecule has 2 heterocycles. The summed E-state index contributed by atoms with van der Waals surface area (Å²) in [6.07, 6.45) is 3.31. The summed E-state index contributed by atoms with van der Waals surface area (Å²) in [7, 11) is 0. The van der Waals surface area contributed by atoms with Gasteiger partial charge in [0.1, 0.15) is 5.82 Å². The molecule has 0 spiro atoms. The van der Waals surface area contributed by atoms with Crippen LogP contribution in [0, 0.1) is 23.0 Å². The Balaban J connectivity index is 2.01. The van der Waals surface area contributed by atoms with Gasteiger partial charge in [-0.3, -0.25) is 14.9 Å². The molecule has 1 atom stereocenters. The number of ether oxygens (including phenoxy) is 1. The Kier molecular flexibility index (Phi) is 4.83. The van der Waals surface area contributed by atoms with Gasteiger partial charge in [0.05, 0.1) is 22.8 Å². The van der Waals surface area contributed by atoms with Gasteiger partial charge in [0.2, 0.25) is 0 Å². The number of nitro benzene ring substituents is 1. The van der Waals surface area contributed by atoms with E-state index in [1.165, 1.54) is 6.07 Å². The second-order valence-corrected chi connectivity index (χ2v) is 6.26. The monoisotopic (exact) mass is 343 g/mol. The van der Waals surface area contributed by atoms with Gasteiger partial charge >= 0.3 is 5.97 Å². The third-order valence-corrected chi connectivity index (χ3v) is 4.60. The molecule has 0 radical (unpaired) electrons. The second kappa shape index (κ2) is 7.04. The lowest BCUT2D eigenvalue weighted by atomic mass is 9.97. The quantitative estimate of drug-likeness (QED) is 0.481. The van der Waals surface area contributed by atoms with Crippen molar-refractivity contribution in [3.05, 3.63) is 40.1 Å². The van der Waals surface area contributed by atoms with Crippen LogP contribution in [0.2, 0.25) is 0 Å². The van der Waals surface area contributed by atoms with Crippen molar-refractivity contribution >= 4 is 28.2 Å². The van der Waals surface area contributed by atoms with E-state index in [0.717, 1.165) is 30.3 Å². The summed E-state index contributed by atoms with van der Waals surface area (Å²) in [5.74, 6) is 0.318. The van der Waals surface area contributed by atoms with Crippen molar-refractivity contribution in [1.82, 2.24) is 4.98 Å². The summed E-state index contributed by atoms with van der Waals surface area (Å²) in [4.78, 5) is 29.7. The normalized spacial score (nSPS) is 17.5. The number of anilines is 1. The number of nitrogens with zero attached hydrogens (tertiary/aromatic N) is 3. The number of piperidine rings is 1. The summed E-state index contributed by atoms with van der Waals surface area (Å²) in [6.45, 7) is 5.28. The molecule has 0 aliphatic carbocycles. The van der Waals surface area contributed by atoms with Gasteiger partial charge in [-0.25, -0.2) is 4.98 Å². The van der Waals surface area contributed by atoms with Crippen molar-refractivity contribution in [2.75, 3.05) is 24.6 Å². The van der Waals surface area contributed by atoms with Gasteiger partial charge < -0.3 is 9.64 Å². The van der Waals surface area contributed by atoms with Crippen LogP contribution in [0.5, 0.6) is 0 Å². The van der Waals surface area contributed by atoms with Crippen LogP contribution >= 0.6 is 0 Å². The van der Waals surface area contributed by atoms with Gasteiger partial charge in [0.15, 0.2) is 0 Å². The molecule has 7 nitrogen and oxygen atoms in total. The largest absolute Gasteiger partial charge is 0.466 e. The van der Waals surface area contributed by atoms with Crippen LogP contribution < -0.4 is 4.90 Å². The number of non-ortho nitro benzene ring substituents is 1. The summed E-state index contributed by atoms with van der Waals surface area (Å²) in [5, 5.41) is 12.7. The van der Waals surface area contributed by atoms with E-state index >= 15 is 0 Å². The van der Waals surface area contributed by atoms with Crippen LogP contribution in [0.25, 0.3) is 10.8 Å². The van der Waals surface area contributed by atoms with E-state index in [2.05, 4.69) is 4.98 Å². The first-order valence-electron chi connectivity index (χ1n) is 8.47. The molecule has 25 heavy (non-hydrogen) atoms. The fourth-order valence-corrected chi connectivity index (χ4v) is 3.46. The number of benzene rings is 1. The average Bonchev–Trinajstić information content (AvgIpc) is 2.62. The molecular weight excluding hydrogens is 322 g/mol. The number of hydrogen-bond acceptors (Lipinski definition) is 6. The van der Waals surface area contributed by atoms with Crippen molar-refractivity contribution in [3.63, 3.8) is 0 Å². The Hall–Kier alpha value is -2.70. The predicted molar refractivity (Wildman–Crippen MR) is 94.7 cm³/mol. The fraction of sp³-hybridized carbons (Fsp3) is 0.444. The fourth-order valence-electron chi connectivity index (χ4n) is 3.46. The molecule has 0 saturated carbocycles. The Morgan fingerprint density at radius 1 is 1.48 bits per heavy atom. The standard InChI is InChI=1S/C18H21N3O4/c1-3-25-18(22)13-6-5-9-20(11-13)17-14-7-4-8-15(21(23)24)16(14)12(2)10-19-17/h4,7-8,10,13H,3,5-6,9,11H2,1-2H3. The summed E-state index contributed by atoms with van der Waals surface area (Å²) in [5.41, 5.74) is 0.850. The Bertz CT molecular complexity index is 821. The number of carbonyl (C=O) groups excluding carboxylic acids is 1. The molecule has 3 rings (SSSR count). The number of nitro groups is 1. The zero-order chi connectivity index (χ0) is 18.0. The first-order chi connectivity index (χ1) is 12.0. The van der Waals surface area contributed by atoms with Gasteiger partial charge in [-0.15, -0.1) is 0 Å². The van der Waals surface area contributed by atoms with E-state index in [1.807, 2.05) is 17.9 Å². The van der Waals surface area contributed by atoms with E-state index in [9.17, 15) is 14.9 Å². The highest BCUT2D eigenvalue weighted by molar-refractivity contribution is 6.00. The van der Waals surface area contributed by atoms with Crippen LogP contribution in [-0.2, 0) is 9.53 Å². The van der Waals surface area contributed by atoms with Gasteiger partial charge in [0, 0.05) is 30.7 Å². The third-order valence-electron chi connectivity index (χ3n) is 4.60. The number of esters is 1. The summed E-state index contributed by atoms with van der Waals surface area (Å²) in [6, 6.07) is 5.04. The first-order valence-corrected chi connectivity index (χ1v) is 8.47. The molecule has 1 aromatic heterocycles. The van der Waals surface area contributed by atoms with E-state index in [4.69, 9.17) is 4.74 Å². The van der Waals surface area contributed by atoms with Crippen LogP contribution in [0.15, 0.2) is 24.4 Å². The molecule has 0 amide bonds. The van der Waals surface area contributed by atoms with Crippen molar-refractivity contribution in [2.45, 2.75) is 26.7 Å². The van der Waals surface area contributed by atoms with Gasteiger partial charge in [-0.05, 0) is 32.3 Å². The Morgan fingerprint density at radius 2 is 2.28 bits per heavy atom. The highest BCUT2D eigenvalue weighted by atomic mass is 16.6. The van der Waals surface area contributed by atoms with E-state index < -0.39 is 0 Å². The Morgan fingerprint density at radius 3 is 3.00 bits per heavy atom. The maximum absolute atomic E-state index is 12.1. The number of pyridine rings is 1. The van der Waals surface area contributed by atoms with Gasteiger partial charge in [-0.2, -0.15) is 0 Å². The third kappa shape index (κ3) is 3.26. The van der Waals surface area contributed by atoms with Crippen molar-refractivity contribution < 1.29 is 14.5 Å². The number of fused-ring (bicyclic) bond motifs is 1. The van der Waals surface area contributed by atoms with Crippen LogP contribution in [-0.4, -0.2) is 35.6 Å². The lowest BCUT2D eigenvalue weighted by Crippen LogP contribution is -2.40. The van der Waals surface area contributed by atoms with Gasteiger partial charge in [-0.1, -0.05) is 12.1 Å². The summed E-state index contributed by atoms with van der Waals surface area (Å²) < 4.78 is 5.15. The number of aromatic nitrogens is 1. The minimum Gasteiger partial charge on any atom is -0.466 e. The van der Waals surface area contributed by atoms with Gasteiger partial charge in [0.25, 0.3) is 5.69 Å². The van der Waals surface area contributed by atoms with Crippen molar-refractivity contribution in [2.24, 2.45) is 5.92 Å². The van der Waals surface area contributed by atoms with E-state index in [1.54, 1.807) is 19.2 Å². The number of aryl methyl sites for hydroxylation is 1. The van der Waals surface area contributed by atoms with E-state index in [-0.39, 0.29) is 22.5 Å². The molecule has 7 heteroatoms. The smallest absolute Gasteiger partial charge is 0.310 e. The molecule has 132 valence electrons. The molecule has 2 aromatic rings. The number of rotatable bonds is 4. The second-order valence-electron chi connectivity index (χ2n) is 6.26. The summed E-state index contributed by atoms with van der Waals surface area (Å²) >= 11 is 0. The maximum atomic E-state index is 12.1. The van der Waals surface area contributed by atoms with Crippen LogP contribution in [0.4, 0.5) is 11.5 Å². The lowest BCUT2D eigenvalue weighted by molar-refractivity contribution is -0.383. The van der Waals surface area contributed by atoms with Crippen LogP contribution in [0.1, 0.15) is 25.3 Å². The minimum atomic E-state index is -0.364. The molecule has 1 unspecified atom stereocenters. The topological polar surface area (TPSA) is 85.6 Å².